The lowest BCUT2D eigenvalue weighted by Gasteiger charge is -2.20. The van der Waals surface area contributed by atoms with Crippen molar-refractivity contribution in [2.24, 2.45) is 0 Å². The third-order valence-corrected chi connectivity index (χ3v) is 3.32. The molecule has 0 amide bonds. The second-order valence-electron chi connectivity index (χ2n) is 4.16. The first-order valence-corrected chi connectivity index (χ1v) is 9.00. The van der Waals surface area contributed by atoms with E-state index in [2.05, 4.69) is 42.2 Å². The monoisotopic (exact) mass is 336 g/mol. The van der Waals surface area contributed by atoms with E-state index in [0.29, 0.717) is 5.75 Å². The summed E-state index contributed by atoms with van der Waals surface area (Å²) < 4.78 is 6.74. The maximum atomic E-state index is 10.8. The van der Waals surface area contributed by atoms with Crippen molar-refractivity contribution < 1.29 is 14.3 Å². The Morgan fingerprint density at radius 3 is 2.47 bits per heavy atom. The number of carboxylic acid groups (broad SMARTS) is 1. The van der Waals surface area contributed by atoms with E-state index >= 15 is 0 Å². The van der Waals surface area contributed by atoms with Gasteiger partial charge < -0.3 is 9.53 Å². The Balaban J connectivity index is 3.06. The molecule has 82 valence electrons. The molecule has 0 heterocycles. The van der Waals surface area contributed by atoms with Gasteiger partial charge in [0.1, 0.15) is 5.75 Å². The van der Waals surface area contributed by atoms with Crippen molar-refractivity contribution in [1.29, 1.82) is 0 Å². The third kappa shape index (κ3) is 3.82. The maximum Gasteiger partial charge on any atom is 0.335 e. The number of carboxylic acids is 1. The number of halogens is 1. The van der Waals surface area contributed by atoms with Crippen molar-refractivity contribution in [3.8, 4) is 5.75 Å². The molecule has 3 nitrogen and oxygen atoms in total. The molecule has 1 rings (SSSR count). The van der Waals surface area contributed by atoms with Crippen LogP contribution in [0.25, 0.3) is 0 Å². The van der Waals surface area contributed by atoms with Gasteiger partial charge in [0.15, 0.2) is 0 Å². The summed E-state index contributed by atoms with van der Waals surface area (Å²) in [6.45, 7) is 6.20. The van der Waals surface area contributed by atoms with Crippen LogP contribution in [-0.2, 0) is 0 Å². The van der Waals surface area contributed by atoms with Crippen molar-refractivity contribution in [3.05, 3.63) is 27.3 Å². The van der Waals surface area contributed by atoms with E-state index in [1.807, 2.05) is 0 Å². The van der Waals surface area contributed by atoms with E-state index in [0.717, 1.165) is 3.57 Å². The molecule has 0 atom stereocenters. The normalized spacial score (nSPS) is 11.2. The van der Waals surface area contributed by atoms with Crippen LogP contribution in [0.5, 0.6) is 5.75 Å². The molecule has 0 saturated heterocycles. The van der Waals surface area contributed by atoms with Gasteiger partial charge in [-0.15, -0.1) is 0 Å². The van der Waals surface area contributed by atoms with Crippen molar-refractivity contribution >= 4 is 36.9 Å². The lowest BCUT2D eigenvalue weighted by molar-refractivity contribution is 0.0696. The van der Waals surface area contributed by atoms with Crippen molar-refractivity contribution in [2.45, 2.75) is 19.6 Å². The Hall–Kier alpha value is -0.563. The third-order valence-electron chi connectivity index (χ3n) is 1.59. The zero-order valence-electron chi connectivity index (χ0n) is 8.87. The van der Waals surface area contributed by atoms with Gasteiger partial charge in [0, 0.05) is 0 Å². The van der Waals surface area contributed by atoms with Crippen LogP contribution in [-0.4, -0.2) is 19.4 Å². The van der Waals surface area contributed by atoms with Gasteiger partial charge >= 0.3 is 5.97 Å². The average Bonchev–Trinajstić information content (AvgIpc) is 2.06. The van der Waals surface area contributed by atoms with Crippen LogP contribution in [0.1, 0.15) is 10.4 Å². The highest BCUT2D eigenvalue weighted by Crippen LogP contribution is 2.25. The molecule has 0 aromatic heterocycles. The highest BCUT2D eigenvalue weighted by Gasteiger charge is 2.18. The minimum absolute atomic E-state index is 0.267. The van der Waals surface area contributed by atoms with Crippen LogP contribution in [0.2, 0.25) is 19.6 Å². The standard InChI is InChI=1S/C10H13IO3Si/c1-15(2,3)14-9-6-7(10(12)13)4-5-8(9)11/h4-6H,1-3H3,(H,12,13). The number of hydrogen-bond donors (Lipinski definition) is 1. The first kappa shape index (κ1) is 12.5. The molecule has 1 aromatic carbocycles. The predicted octanol–water partition coefficient (Wildman–Crippen LogP) is 3.20. The number of rotatable bonds is 3. The molecule has 0 aliphatic carbocycles. The zero-order chi connectivity index (χ0) is 11.6. The first-order chi connectivity index (χ1) is 6.79. The number of carbonyl (C=O) groups is 1. The maximum absolute atomic E-state index is 10.8. The molecule has 0 spiro atoms. The smallest absolute Gasteiger partial charge is 0.335 e. The fraction of sp³-hybridized carbons (Fsp3) is 0.300. The molecule has 0 unspecified atom stereocenters. The Kier molecular flexibility index (Phi) is 3.77. The highest BCUT2D eigenvalue weighted by molar-refractivity contribution is 14.1. The molecule has 0 saturated carbocycles. The number of hydrogen-bond acceptors (Lipinski definition) is 2. The summed E-state index contributed by atoms with van der Waals surface area (Å²) in [5, 5.41) is 8.85. The SMILES string of the molecule is C[Si](C)(C)Oc1cc(C(=O)O)ccc1I. The molecule has 0 aliphatic heterocycles. The van der Waals surface area contributed by atoms with Crippen molar-refractivity contribution in [1.82, 2.24) is 0 Å². The van der Waals surface area contributed by atoms with Crippen molar-refractivity contribution in [2.75, 3.05) is 0 Å². The van der Waals surface area contributed by atoms with Crippen LogP contribution in [0.3, 0.4) is 0 Å². The van der Waals surface area contributed by atoms with E-state index in [4.69, 9.17) is 9.53 Å². The fourth-order valence-corrected chi connectivity index (χ4v) is 2.53. The molecule has 15 heavy (non-hydrogen) atoms. The molecule has 0 fully saturated rings. The fourth-order valence-electron chi connectivity index (χ4n) is 1.04. The Bertz CT molecular complexity index is 385. The molecule has 0 aliphatic rings. The van der Waals surface area contributed by atoms with Crippen molar-refractivity contribution in [3.63, 3.8) is 0 Å². The van der Waals surface area contributed by atoms with E-state index in [1.165, 1.54) is 0 Å². The Labute approximate surface area is 104 Å². The summed E-state index contributed by atoms with van der Waals surface area (Å²) >= 11 is 2.14. The van der Waals surface area contributed by atoms with Gasteiger partial charge in [0.25, 0.3) is 0 Å². The summed E-state index contributed by atoms with van der Waals surface area (Å²) in [5.74, 6) is -0.249. The van der Waals surface area contributed by atoms with E-state index in [-0.39, 0.29) is 5.56 Å². The molecule has 1 aromatic rings. The predicted molar refractivity (Wildman–Crippen MR) is 70.1 cm³/mol. The van der Waals surface area contributed by atoms with Crippen LogP contribution in [0, 0.1) is 3.57 Å². The average molecular weight is 336 g/mol. The van der Waals surface area contributed by atoms with E-state index in [9.17, 15) is 4.79 Å². The minimum Gasteiger partial charge on any atom is -0.544 e. The largest absolute Gasteiger partial charge is 0.544 e. The van der Waals surface area contributed by atoms with Crippen LogP contribution < -0.4 is 4.43 Å². The summed E-state index contributed by atoms with van der Waals surface area (Å²) in [4.78, 5) is 10.8. The first-order valence-electron chi connectivity index (χ1n) is 4.51. The zero-order valence-corrected chi connectivity index (χ0v) is 12.0. The van der Waals surface area contributed by atoms with Gasteiger partial charge in [0.2, 0.25) is 8.32 Å². The second kappa shape index (κ2) is 4.52. The summed E-state index contributed by atoms with van der Waals surface area (Å²) in [5.41, 5.74) is 0.267. The van der Waals surface area contributed by atoms with Gasteiger partial charge in [-0.1, -0.05) is 0 Å². The molecule has 5 heteroatoms. The number of aromatic carboxylic acids is 1. The van der Waals surface area contributed by atoms with Gasteiger partial charge in [-0.25, -0.2) is 4.79 Å². The van der Waals surface area contributed by atoms with Crippen LogP contribution >= 0.6 is 22.6 Å². The Morgan fingerprint density at radius 1 is 1.40 bits per heavy atom. The lowest BCUT2D eigenvalue weighted by atomic mass is 10.2. The summed E-state index contributed by atoms with van der Waals surface area (Å²) in [7, 11) is -1.68. The van der Waals surface area contributed by atoms with Crippen LogP contribution in [0.4, 0.5) is 0 Å². The molecule has 0 radical (unpaired) electrons. The minimum atomic E-state index is -1.68. The highest BCUT2D eigenvalue weighted by atomic mass is 127. The molecular formula is C10H13IO3Si. The van der Waals surface area contributed by atoms with Gasteiger partial charge in [-0.2, -0.15) is 0 Å². The van der Waals surface area contributed by atoms with Crippen LogP contribution in [0.15, 0.2) is 18.2 Å². The topological polar surface area (TPSA) is 46.5 Å². The molecule has 0 bridgehead atoms. The summed E-state index contributed by atoms with van der Waals surface area (Å²) in [6.07, 6.45) is 0. The van der Waals surface area contributed by atoms with E-state index in [1.54, 1.807) is 18.2 Å². The summed E-state index contributed by atoms with van der Waals surface area (Å²) in [6, 6.07) is 4.93. The molecular weight excluding hydrogens is 323 g/mol. The molecule has 1 N–H and O–H groups in total. The second-order valence-corrected chi connectivity index (χ2v) is 9.76. The van der Waals surface area contributed by atoms with Gasteiger partial charge in [-0.3, -0.25) is 0 Å². The van der Waals surface area contributed by atoms with Gasteiger partial charge in [0.05, 0.1) is 9.13 Å². The van der Waals surface area contributed by atoms with Gasteiger partial charge in [-0.05, 0) is 60.4 Å². The lowest BCUT2D eigenvalue weighted by Crippen LogP contribution is -2.29. The number of benzene rings is 1. The van der Waals surface area contributed by atoms with E-state index < -0.39 is 14.3 Å². The quantitative estimate of drug-likeness (QED) is 0.681. The Morgan fingerprint density at radius 2 is 2.00 bits per heavy atom.